The number of furan rings is 1. The van der Waals surface area contributed by atoms with Gasteiger partial charge in [0, 0.05) is 16.3 Å². The number of nitrogens with one attached hydrogen (secondary N) is 2. The van der Waals surface area contributed by atoms with Crippen molar-refractivity contribution >= 4 is 40.8 Å². The van der Waals surface area contributed by atoms with Gasteiger partial charge in [-0.05, 0) is 48.5 Å². The first-order valence-electron chi connectivity index (χ1n) is 7.73. The van der Waals surface area contributed by atoms with Crippen molar-refractivity contribution in [3.8, 4) is 0 Å². The van der Waals surface area contributed by atoms with Crippen LogP contribution in [0.5, 0.6) is 0 Å². The number of amides is 2. The lowest BCUT2D eigenvalue weighted by atomic mass is 10.1. The lowest BCUT2D eigenvalue weighted by molar-refractivity contribution is 0.0698. The molecule has 0 spiro atoms. The fourth-order valence-electron chi connectivity index (χ4n) is 2.34. The molecule has 1 aromatic heterocycles. The highest BCUT2D eigenvalue weighted by Crippen LogP contribution is 2.22. The summed E-state index contributed by atoms with van der Waals surface area (Å²) in [6.45, 7) is 0. The molecule has 8 heteroatoms. The van der Waals surface area contributed by atoms with Gasteiger partial charge in [0.15, 0.2) is 5.76 Å². The minimum absolute atomic E-state index is 0.0741. The van der Waals surface area contributed by atoms with Crippen molar-refractivity contribution < 1.29 is 23.9 Å². The second-order valence-electron chi connectivity index (χ2n) is 5.46. The van der Waals surface area contributed by atoms with Gasteiger partial charge in [-0.15, -0.1) is 0 Å². The molecule has 136 valence electrons. The van der Waals surface area contributed by atoms with E-state index in [1.807, 2.05) is 0 Å². The number of hydrogen-bond donors (Lipinski definition) is 3. The van der Waals surface area contributed by atoms with Gasteiger partial charge in [0.25, 0.3) is 11.8 Å². The third-order valence-corrected chi connectivity index (χ3v) is 3.82. The minimum Gasteiger partial charge on any atom is -0.478 e. The largest absolute Gasteiger partial charge is 0.478 e. The maximum absolute atomic E-state index is 12.5. The minimum atomic E-state index is -1.19. The molecule has 3 N–H and O–H groups in total. The molecule has 0 aliphatic rings. The highest BCUT2D eigenvalue weighted by molar-refractivity contribution is 6.31. The number of hydrogen-bond acceptors (Lipinski definition) is 4. The third kappa shape index (κ3) is 4.34. The van der Waals surface area contributed by atoms with Gasteiger partial charge in [-0.1, -0.05) is 17.7 Å². The molecule has 2 aromatic carbocycles. The molecule has 0 radical (unpaired) electrons. The fraction of sp³-hybridized carbons (Fsp3) is 0. The second kappa shape index (κ2) is 7.76. The van der Waals surface area contributed by atoms with E-state index in [1.54, 1.807) is 18.2 Å². The van der Waals surface area contributed by atoms with Crippen molar-refractivity contribution in [1.82, 2.24) is 0 Å². The van der Waals surface area contributed by atoms with Crippen LogP contribution in [0.3, 0.4) is 0 Å². The van der Waals surface area contributed by atoms with Gasteiger partial charge in [0.1, 0.15) is 0 Å². The Morgan fingerprint density at radius 3 is 2.44 bits per heavy atom. The highest BCUT2D eigenvalue weighted by Gasteiger charge is 2.15. The summed E-state index contributed by atoms with van der Waals surface area (Å²) in [6, 6.07) is 13.4. The SMILES string of the molecule is O=C(Nc1cc(Cl)ccc1C(=O)O)c1cccc(NC(=O)c2ccco2)c1. The van der Waals surface area contributed by atoms with Crippen LogP contribution in [-0.4, -0.2) is 22.9 Å². The average Bonchev–Trinajstić information content (AvgIpc) is 3.16. The zero-order valence-electron chi connectivity index (χ0n) is 13.7. The molecule has 3 rings (SSSR count). The summed E-state index contributed by atoms with van der Waals surface area (Å²) in [7, 11) is 0. The number of carboxylic acids is 1. The summed E-state index contributed by atoms with van der Waals surface area (Å²) in [5.41, 5.74) is 0.595. The Kier molecular flexibility index (Phi) is 5.23. The maximum atomic E-state index is 12.5. The number of carboxylic acid groups (broad SMARTS) is 1. The Labute approximate surface area is 158 Å². The molecule has 1 heterocycles. The number of anilines is 2. The van der Waals surface area contributed by atoms with Crippen LogP contribution in [0.4, 0.5) is 11.4 Å². The third-order valence-electron chi connectivity index (χ3n) is 3.59. The molecular weight excluding hydrogens is 372 g/mol. The Hall–Kier alpha value is -3.58. The Balaban J connectivity index is 1.79. The zero-order valence-corrected chi connectivity index (χ0v) is 14.5. The fourth-order valence-corrected chi connectivity index (χ4v) is 2.51. The molecule has 2 amide bonds. The molecule has 0 fully saturated rings. The predicted molar refractivity (Wildman–Crippen MR) is 99.5 cm³/mol. The summed E-state index contributed by atoms with van der Waals surface area (Å²) in [5.74, 6) is -2.06. The van der Waals surface area contributed by atoms with E-state index in [9.17, 15) is 19.5 Å². The normalized spacial score (nSPS) is 10.3. The first-order valence-corrected chi connectivity index (χ1v) is 8.11. The number of carbonyl (C=O) groups excluding carboxylic acids is 2. The second-order valence-corrected chi connectivity index (χ2v) is 5.90. The van der Waals surface area contributed by atoms with Crippen molar-refractivity contribution in [3.05, 3.63) is 82.8 Å². The number of rotatable bonds is 5. The first-order chi connectivity index (χ1) is 12.9. The lowest BCUT2D eigenvalue weighted by Crippen LogP contribution is -2.16. The van der Waals surface area contributed by atoms with Gasteiger partial charge in [0.05, 0.1) is 17.5 Å². The van der Waals surface area contributed by atoms with E-state index < -0.39 is 17.8 Å². The van der Waals surface area contributed by atoms with Crippen LogP contribution in [0.25, 0.3) is 0 Å². The smallest absolute Gasteiger partial charge is 0.337 e. The monoisotopic (exact) mass is 384 g/mol. The van der Waals surface area contributed by atoms with Crippen molar-refractivity contribution in [1.29, 1.82) is 0 Å². The van der Waals surface area contributed by atoms with Crippen molar-refractivity contribution in [2.75, 3.05) is 10.6 Å². The van der Waals surface area contributed by atoms with Crippen LogP contribution in [0.15, 0.2) is 65.3 Å². The molecule has 0 bridgehead atoms. The Bertz CT molecular complexity index is 1010. The average molecular weight is 385 g/mol. The van der Waals surface area contributed by atoms with Gasteiger partial charge < -0.3 is 20.2 Å². The van der Waals surface area contributed by atoms with E-state index in [0.29, 0.717) is 5.69 Å². The quantitative estimate of drug-likeness (QED) is 0.612. The van der Waals surface area contributed by atoms with Crippen molar-refractivity contribution in [2.24, 2.45) is 0 Å². The van der Waals surface area contributed by atoms with Crippen LogP contribution >= 0.6 is 11.6 Å². The van der Waals surface area contributed by atoms with Crippen LogP contribution < -0.4 is 10.6 Å². The summed E-state index contributed by atoms with van der Waals surface area (Å²) >= 11 is 5.88. The van der Waals surface area contributed by atoms with Gasteiger partial charge in [-0.25, -0.2) is 4.79 Å². The topological polar surface area (TPSA) is 109 Å². The van der Waals surface area contributed by atoms with Crippen LogP contribution in [-0.2, 0) is 0 Å². The van der Waals surface area contributed by atoms with E-state index in [1.165, 1.54) is 42.7 Å². The zero-order chi connectivity index (χ0) is 19.4. The van der Waals surface area contributed by atoms with Crippen molar-refractivity contribution in [3.63, 3.8) is 0 Å². The summed E-state index contributed by atoms with van der Waals surface area (Å²) in [5, 5.41) is 14.6. The highest BCUT2D eigenvalue weighted by atomic mass is 35.5. The molecule has 0 saturated heterocycles. The molecule has 7 nitrogen and oxygen atoms in total. The Morgan fingerprint density at radius 1 is 0.926 bits per heavy atom. The number of halogens is 1. The lowest BCUT2D eigenvalue weighted by Gasteiger charge is -2.10. The van der Waals surface area contributed by atoms with Gasteiger partial charge >= 0.3 is 5.97 Å². The standard InChI is InChI=1S/C19H13ClN2O5/c20-12-6-7-14(19(25)26)15(10-12)22-17(23)11-3-1-4-13(9-11)21-18(24)16-5-2-8-27-16/h1-10H,(H,21,24)(H,22,23)(H,25,26). The molecule has 0 aliphatic carbocycles. The van der Waals surface area contributed by atoms with Gasteiger partial charge in [0.2, 0.25) is 0 Å². The molecular formula is C19H13ClN2O5. The van der Waals surface area contributed by atoms with Gasteiger partial charge in [-0.3, -0.25) is 9.59 Å². The summed E-state index contributed by atoms with van der Waals surface area (Å²) < 4.78 is 5.01. The molecule has 0 unspecified atom stereocenters. The number of benzene rings is 2. The van der Waals surface area contributed by atoms with E-state index in [0.717, 1.165) is 0 Å². The Morgan fingerprint density at radius 2 is 1.74 bits per heavy atom. The molecule has 0 saturated carbocycles. The summed E-state index contributed by atoms with van der Waals surface area (Å²) in [4.78, 5) is 35.8. The van der Waals surface area contributed by atoms with E-state index in [4.69, 9.17) is 16.0 Å². The number of aromatic carboxylic acids is 1. The maximum Gasteiger partial charge on any atom is 0.337 e. The van der Waals surface area contributed by atoms with Crippen LogP contribution in [0.1, 0.15) is 31.3 Å². The number of carbonyl (C=O) groups is 3. The first kappa shape index (κ1) is 18.2. The van der Waals surface area contributed by atoms with Crippen LogP contribution in [0.2, 0.25) is 5.02 Å². The van der Waals surface area contributed by atoms with E-state index in [-0.39, 0.29) is 27.6 Å². The van der Waals surface area contributed by atoms with Gasteiger partial charge in [-0.2, -0.15) is 0 Å². The molecule has 0 atom stereocenters. The van der Waals surface area contributed by atoms with Crippen LogP contribution in [0, 0.1) is 0 Å². The molecule has 27 heavy (non-hydrogen) atoms. The molecule has 3 aromatic rings. The van der Waals surface area contributed by atoms with E-state index in [2.05, 4.69) is 10.6 Å². The molecule has 0 aliphatic heterocycles. The van der Waals surface area contributed by atoms with E-state index >= 15 is 0 Å². The van der Waals surface area contributed by atoms with Crippen molar-refractivity contribution in [2.45, 2.75) is 0 Å². The summed E-state index contributed by atoms with van der Waals surface area (Å²) in [6.07, 6.45) is 1.38. The predicted octanol–water partition coefficient (Wildman–Crippen LogP) is 4.14.